The molecule has 0 saturated carbocycles. The van der Waals surface area contributed by atoms with Gasteiger partial charge in [-0.2, -0.15) is 4.31 Å². The predicted molar refractivity (Wildman–Crippen MR) is 122 cm³/mol. The lowest BCUT2D eigenvalue weighted by Crippen LogP contribution is -2.26. The quantitative estimate of drug-likeness (QED) is 0.455. The van der Waals surface area contributed by atoms with Gasteiger partial charge in [0.1, 0.15) is 17.4 Å². The molecule has 12 heteroatoms. The van der Waals surface area contributed by atoms with Crippen molar-refractivity contribution in [1.29, 1.82) is 0 Å². The number of hydrogen-bond acceptors (Lipinski definition) is 6. The second kappa shape index (κ2) is 10.1. The van der Waals surface area contributed by atoms with Gasteiger partial charge in [0.15, 0.2) is 9.84 Å². The van der Waals surface area contributed by atoms with Crippen molar-refractivity contribution in [2.75, 3.05) is 13.3 Å². The minimum absolute atomic E-state index is 0.0531. The van der Waals surface area contributed by atoms with Crippen LogP contribution in [0.25, 0.3) is 0 Å². The Hall–Kier alpha value is -3.35. The summed E-state index contributed by atoms with van der Waals surface area (Å²) in [6.45, 7) is -0.139. The molecule has 0 amide bonds. The lowest BCUT2D eigenvalue weighted by atomic mass is 10.1. The highest BCUT2D eigenvalue weighted by Gasteiger charge is 2.25. The molecule has 35 heavy (non-hydrogen) atoms. The number of ether oxygens (including phenoxy) is 1. The normalized spacial score (nSPS) is 12.9. The third-order valence-electron chi connectivity index (χ3n) is 4.94. The monoisotopic (exact) mass is 525 g/mol. The lowest BCUT2D eigenvalue weighted by molar-refractivity contribution is -0.145. The van der Waals surface area contributed by atoms with Crippen molar-refractivity contribution in [3.05, 3.63) is 89.5 Å². The Kier molecular flexibility index (Phi) is 7.58. The van der Waals surface area contributed by atoms with E-state index in [0.29, 0.717) is 11.6 Å². The molecule has 0 aliphatic heterocycles. The molecular formula is C23H21F2NO7S2. The standard InChI is InChI=1S/C23H21F2NO7S2/c1-26(35(31,32)21-12-17(24)11-18(25)13-21)14-15-6-8-19(9-7-15)33-22(23(27)28)16-4-3-5-20(10-16)34(2,29)30/h3-13,22H,14H2,1-2H3,(H,27,28). The number of nitrogens with zero attached hydrogens (tertiary/aromatic N) is 1. The minimum atomic E-state index is -4.18. The van der Waals surface area contributed by atoms with Crippen LogP contribution in [0.15, 0.2) is 76.5 Å². The van der Waals surface area contributed by atoms with Gasteiger partial charge in [-0.05, 0) is 42.0 Å². The first-order valence-electron chi connectivity index (χ1n) is 9.98. The van der Waals surface area contributed by atoms with Crippen LogP contribution in [0.1, 0.15) is 17.2 Å². The number of aliphatic carboxylic acids is 1. The highest BCUT2D eigenvalue weighted by atomic mass is 32.2. The van der Waals surface area contributed by atoms with Crippen LogP contribution in [-0.2, 0) is 31.2 Å². The predicted octanol–water partition coefficient (Wildman–Crippen LogP) is 3.39. The van der Waals surface area contributed by atoms with E-state index in [1.807, 2.05) is 0 Å². The fourth-order valence-electron chi connectivity index (χ4n) is 3.18. The Labute approximate surface area is 201 Å². The molecule has 3 aromatic rings. The smallest absolute Gasteiger partial charge is 0.349 e. The number of carbonyl (C=O) groups is 1. The zero-order chi connectivity index (χ0) is 26.0. The largest absolute Gasteiger partial charge is 0.478 e. The summed E-state index contributed by atoms with van der Waals surface area (Å²) in [5.41, 5.74) is 0.615. The number of carboxylic acids is 1. The van der Waals surface area contributed by atoms with Gasteiger partial charge in [-0.1, -0.05) is 24.3 Å². The van der Waals surface area contributed by atoms with Gasteiger partial charge in [-0.15, -0.1) is 0 Å². The highest BCUT2D eigenvalue weighted by Crippen LogP contribution is 2.26. The summed E-state index contributed by atoms with van der Waals surface area (Å²) < 4.78 is 82.2. The molecule has 0 aromatic heterocycles. The van der Waals surface area contributed by atoms with Gasteiger partial charge >= 0.3 is 5.97 Å². The van der Waals surface area contributed by atoms with Crippen molar-refractivity contribution in [1.82, 2.24) is 4.31 Å². The number of benzene rings is 3. The van der Waals surface area contributed by atoms with Crippen LogP contribution < -0.4 is 4.74 Å². The Morgan fingerprint density at radius 2 is 1.54 bits per heavy atom. The molecular weight excluding hydrogens is 504 g/mol. The van der Waals surface area contributed by atoms with E-state index < -0.39 is 48.5 Å². The van der Waals surface area contributed by atoms with Crippen molar-refractivity contribution in [2.45, 2.75) is 22.4 Å². The first kappa shape index (κ1) is 26.3. The molecule has 186 valence electrons. The molecule has 0 fully saturated rings. The van der Waals surface area contributed by atoms with E-state index in [2.05, 4.69) is 0 Å². The number of sulfonamides is 1. The molecule has 1 atom stereocenters. The Bertz CT molecular complexity index is 1440. The summed E-state index contributed by atoms with van der Waals surface area (Å²) >= 11 is 0. The molecule has 0 aliphatic rings. The molecule has 0 bridgehead atoms. The van der Waals surface area contributed by atoms with Gasteiger partial charge in [-0.3, -0.25) is 0 Å². The van der Waals surface area contributed by atoms with Crippen LogP contribution in [0, 0.1) is 11.6 Å². The molecule has 3 rings (SSSR count). The van der Waals surface area contributed by atoms with Crippen LogP contribution in [-0.4, -0.2) is 45.5 Å². The summed E-state index contributed by atoms with van der Waals surface area (Å²) in [7, 11) is -6.49. The lowest BCUT2D eigenvalue weighted by Gasteiger charge is -2.19. The zero-order valence-electron chi connectivity index (χ0n) is 18.6. The first-order valence-corrected chi connectivity index (χ1v) is 13.3. The summed E-state index contributed by atoms with van der Waals surface area (Å²) in [6.07, 6.45) is -0.489. The SMILES string of the molecule is CN(Cc1ccc(OC(C(=O)O)c2cccc(S(C)(=O)=O)c2)cc1)S(=O)(=O)c1cc(F)cc(F)c1. The van der Waals surface area contributed by atoms with Crippen LogP contribution in [0.3, 0.4) is 0 Å². The van der Waals surface area contributed by atoms with Crippen molar-refractivity contribution >= 4 is 25.8 Å². The van der Waals surface area contributed by atoms with Gasteiger partial charge in [0, 0.05) is 31.5 Å². The van der Waals surface area contributed by atoms with E-state index in [0.717, 1.165) is 22.7 Å². The van der Waals surface area contributed by atoms with E-state index in [4.69, 9.17) is 4.74 Å². The number of rotatable bonds is 9. The van der Waals surface area contributed by atoms with E-state index in [-0.39, 0.29) is 22.8 Å². The van der Waals surface area contributed by atoms with Crippen molar-refractivity contribution in [2.24, 2.45) is 0 Å². The Morgan fingerprint density at radius 1 is 0.943 bits per heavy atom. The Balaban J connectivity index is 1.77. The second-order valence-electron chi connectivity index (χ2n) is 7.69. The highest BCUT2D eigenvalue weighted by molar-refractivity contribution is 7.90. The summed E-state index contributed by atoms with van der Waals surface area (Å²) in [6, 6.07) is 13.3. The van der Waals surface area contributed by atoms with E-state index >= 15 is 0 Å². The molecule has 3 aromatic carbocycles. The van der Waals surface area contributed by atoms with Crippen molar-refractivity contribution < 1.29 is 40.3 Å². The van der Waals surface area contributed by atoms with E-state index in [9.17, 15) is 35.5 Å². The molecule has 0 saturated heterocycles. The maximum absolute atomic E-state index is 13.4. The molecule has 0 radical (unpaired) electrons. The third-order valence-corrected chi connectivity index (χ3v) is 7.83. The molecule has 0 spiro atoms. The van der Waals surface area contributed by atoms with Gasteiger partial charge < -0.3 is 9.84 Å². The van der Waals surface area contributed by atoms with Crippen molar-refractivity contribution in [3.63, 3.8) is 0 Å². The van der Waals surface area contributed by atoms with Crippen LogP contribution in [0.5, 0.6) is 5.75 Å². The average molecular weight is 526 g/mol. The van der Waals surface area contributed by atoms with Crippen LogP contribution in [0.2, 0.25) is 0 Å². The molecule has 0 aliphatic carbocycles. The van der Waals surface area contributed by atoms with Gasteiger partial charge in [-0.25, -0.2) is 30.4 Å². The summed E-state index contributed by atoms with van der Waals surface area (Å²) in [5, 5.41) is 9.59. The van der Waals surface area contributed by atoms with Crippen molar-refractivity contribution in [3.8, 4) is 5.75 Å². The average Bonchev–Trinajstić information content (AvgIpc) is 2.77. The van der Waals surface area contributed by atoms with Gasteiger partial charge in [0.05, 0.1) is 9.79 Å². The maximum Gasteiger partial charge on any atom is 0.349 e. The minimum Gasteiger partial charge on any atom is -0.478 e. The summed E-state index contributed by atoms with van der Waals surface area (Å²) in [4.78, 5) is 11.2. The van der Waals surface area contributed by atoms with Gasteiger partial charge in [0.2, 0.25) is 16.1 Å². The van der Waals surface area contributed by atoms with Crippen LogP contribution in [0.4, 0.5) is 8.78 Å². The number of sulfone groups is 1. The number of carboxylic acid groups (broad SMARTS) is 1. The van der Waals surface area contributed by atoms with Crippen LogP contribution >= 0.6 is 0 Å². The van der Waals surface area contributed by atoms with Gasteiger partial charge in [0.25, 0.3) is 0 Å². The maximum atomic E-state index is 13.4. The molecule has 1 unspecified atom stereocenters. The Morgan fingerprint density at radius 3 is 2.09 bits per heavy atom. The number of hydrogen-bond donors (Lipinski definition) is 1. The molecule has 1 N–H and O–H groups in total. The fourth-order valence-corrected chi connectivity index (χ4v) is 5.06. The first-order chi connectivity index (χ1) is 16.3. The third kappa shape index (κ3) is 6.41. The fraction of sp³-hybridized carbons (Fsp3) is 0.174. The molecule has 8 nitrogen and oxygen atoms in total. The number of halogens is 2. The topological polar surface area (TPSA) is 118 Å². The van der Waals surface area contributed by atoms with E-state index in [1.165, 1.54) is 55.6 Å². The zero-order valence-corrected chi connectivity index (χ0v) is 20.2. The second-order valence-corrected chi connectivity index (χ2v) is 11.8. The summed E-state index contributed by atoms with van der Waals surface area (Å²) in [5.74, 6) is -3.24. The molecule has 0 heterocycles. The van der Waals surface area contributed by atoms with E-state index in [1.54, 1.807) is 0 Å².